The highest BCUT2D eigenvalue weighted by Crippen LogP contribution is 2.27. The van der Waals surface area contributed by atoms with E-state index in [-0.39, 0.29) is 0 Å². The zero-order valence-corrected chi connectivity index (χ0v) is 89.9. The van der Waals surface area contributed by atoms with Crippen molar-refractivity contribution in [3.63, 3.8) is 0 Å². The van der Waals surface area contributed by atoms with Gasteiger partial charge >= 0.3 is 0 Å². The lowest BCUT2D eigenvalue weighted by molar-refractivity contribution is 0.508. The molecule has 708 valence electrons. The highest BCUT2D eigenvalue weighted by molar-refractivity contribution is 7.17. The van der Waals surface area contributed by atoms with Crippen LogP contribution in [0.2, 0.25) is 0 Å². The molecular weight excluding hydrogens is 1580 g/mol. The molecule has 0 spiro atoms. The number of furan rings is 2. The van der Waals surface area contributed by atoms with Gasteiger partial charge in [-0.1, -0.05) is 344 Å². The van der Waals surface area contributed by atoms with Gasteiger partial charge in [0.05, 0.1) is 58.8 Å². The minimum atomic E-state index is 0.956. The first-order valence-electron chi connectivity index (χ1n) is 49.5. The van der Waals surface area contributed by atoms with Crippen LogP contribution in [0.3, 0.4) is 0 Å². The Bertz CT molecular complexity index is 3310. The minimum Gasteiger partial charge on any atom is -0.469 e. The molecule has 0 saturated heterocycles. The first-order chi connectivity index (χ1) is 61.7. The largest absolute Gasteiger partial charge is 0.469 e. The number of aryl methyl sites for hydroxylation is 12. The summed E-state index contributed by atoms with van der Waals surface area (Å²) < 4.78 is 16.7. The van der Waals surface area contributed by atoms with Crippen LogP contribution >= 0.6 is 34.0 Å². The number of rotatable bonds is 0. The Labute approximate surface area is 777 Å². The number of oxazole rings is 1. The standard InChI is InChI=1S/C8H7N.C8H6O.C8H6S.C7H6N2.C7H9N.C7H8O.C7H8S.C6H8N2.C6H7NO.C6H7NS.20C2H6/c3*1-2-4-8-7(3-1)5-6-9-8;1-2-4-7-6(3-1)8-5-9-7;3*1-2-6-4-5-8-7(6)3-1;3*1-2-5-6(3-1)8-4-7-5;20*1-2/h1-6,9H;2*1-6H;1-5H,(H,8,9);4-5,8H,1-3H2;2*4-5H,1-3H2;4H,1-3H2,(H,7,8);2*4H,1-3H2;20*1-2H3. The molecule has 0 aliphatic heterocycles. The third-order valence-corrected chi connectivity index (χ3v) is 18.3. The molecule has 14 heteroatoms. The Morgan fingerprint density at radius 1 is 0.266 bits per heavy atom. The van der Waals surface area contributed by atoms with Crippen molar-refractivity contribution >= 4 is 77.0 Å². The molecule has 10 aromatic heterocycles. The van der Waals surface area contributed by atoms with Crippen molar-refractivity contribution < 1.29 is 13.3 Å². The van der Waals surface area contributed by atoms with Crippen molar-refractivity contribution in [3.05, 3.63) is 260 Å². The lowest BCUT2D eigenvalue weighted by Gasteiger charge is -1.83. The van der Waals surface area contributed by atoms with Crippen molar-refractivity contribution in [2.45, 2.75) is 393 Å². The van der Waals surface area contributed by atoms with Crippen LogP contribution in [0.15, 0.2) is 207 Å². The third kappa shape index (κ3) is 59.6. The molecule has 4 N–H and O–H groups in total. The van der Waals surface area contributed by atoms with Gasteiger partial charge in [0, 0.05) is 62.0 Å². The van der Waals surface area contributed by atoms with Gasteiger partial charge in [-0.05, 0) is 208 Å². The zero-order chi connectivity index (χ0) is 96.8. The molecule has 11 nitrogen and oxygen atoms in total. The Hall–Kier alpha value is -8.30. The van der Waals surface area contributed by atoms with E-state index in [1.165, 1.54) is 174 Å². The average Bonchev–Trinajstić information content (AvgIpc) is 1.73. The van der Waals surface area contributed by atoms with Crippen molar-refractivity contribution in [3.8, 4) is 0 Å². The van der Waals surface area contributed by atoms with E-state index < -0.39 is 0 Å². The van der Waals surface area contributed by atoms with E-state index >= 15 is 0 Å². The van der Waals surface area contributed by atoms with E-state index in [0.29, 0.717) is 0 Å². The molecule has 20 rings (SSSR count). The van der Waals surface area contributed by atoms with E-state index in [4.69, 9.17) is 13.3 Å². The fraction of sp³-hybridized carbons (Fsp3) is 0.527. The van der Waals surface area contributed by atoms with Crippen LogP contribution in [0.4, 0.5) is 0 Å². The molecule has 0 amide bonds. The molecule has 0 radical (unpaired) electrons. The van der Waals surface area contributed by atoms with Crippen LogP contribution in [0.25, 0.3) is 43.0 Å². The summed E-state index contributed by atoms with van der Waals surface area (Å²) >= 11 is 5.50. The number of imidazole rings is 2. The van der Waals surface area contributed by atoms with Crippen molar-refractivity contribution in [2.75, 3.05) is 0 Å². The van der Waals surface area contributed by atoms with Gasteiger partial charge in [0.15, 0.2) is 6.39 Å². The predicted octanol–water partition coefficient (Wildman–Crippen LogP) is 38.8. The number of thiazole rings is 1. The van der Waals surface area contributed by atoms with Crippen molar-refractivity contribution in [1.29, 1.82) is 0 Å². The molecule has 0 bridgehead atoms. The fourth-order valence-electron chi connectivity index (χ4n) is 11.0. The number of para-hydroxylation sites is 4. The number of benzene rings is 4. The van der Waals surface area contributed by atoms with Gasteiger partial charge in [-0.15, -0.1) is 34.0 Å². The van der Waals surface area contributed by atoms with Crippen molar-refractivity contribution in [1.82, 2.24) is 39.9 Å². The number of nitrogens with zero attached hydrogens (tertiary/aromatic N) is 4. The van der Waals surface area contributed by atoms with Gasteiger partial charge < -0.3 is 33.2 Å². The van der Waals surface area contributed by atoms with E-state index in [0.717, 1.165) is 47.0 Å². The van der Waals surface area contributed by atoms with Crippen LogP contribution in [-0.4, -0.2) is 39.9 Å². The summed E-state index contributed by atoms with van der Waals surface area (Å²) in [7, 11) is 0. The summed E-state index contributed by atoms with van der Waals surface area (Å²) in [6.45, 7) is 80.0. The van der Waals surface area contributed by atoms with E-state index in [9.17, 15) is 0 Å². The molecule has 0 unspecified atom stereocenters. The summed E-state index contributed by atoms with van der Waals surface area (Å²) in [5.41, 5.74) is 17.4. The monoisotopic (exact) mass is 1770 g/mol. The van der Waals surface area contributed by atoms with Gasteiger partial charge in [-0.2, -0.15) is 0 Å². The smallest absolute Gasteiger partial charge is 0.181 e. The second kappa shape index (κ2) is 111. The molecule has 0 fully saturated rings. The van der Waals surface area contributed by atoms with Gasteiger partial charge in [-0.3, -0.25) is 0 Å². The maximum absolute atomic E-state index is 5.18. The maximum Gasteiger partial charge on any atom is 0.181 e. The lowest BCUT2D eigenvalue weighted by atomic mass is 10.3. The highest BCUT2D eigenvalue weighted by Gasteiger charge is 2.16. The normalized spacial score (nSPS) is 10.3. The average molecular weight is 1770 g/mol. The van der Waals surface area contributed by atoms with E-state index in [1.807, 2.05) is 373 Å². The number of hydrogen-bond donors (Lipinski definition) is 4. The molecule has 10 heterocycles. The fourth-order valence-corrected chi connectivity index (χ4v) is 13.6. The number of fused-ring (bicyclic) bond motifs is 10. The van der Waals surface area contributed by atoms with Crippen LogP contribution in [0.5, 0.6) is 0 Å². The molecular formula is C110H192N8O3S3. The quantitative estimate of drug-likeness (QED) is 0.118. The van der Waals surface area contributed by atoms with Gasteiger partial charge in [-0.25, -0.2) is 19.9 Å². The Kier molecular flexibility index (Phi) is 122. The van der Waals surface area contributed by atoms with Gasteiger partial charge in [0.1, 0.15) is 17.1 Å². The number of aromatic nitrogens is 8. The Morgan fingerprint density at radius 2 is 0.734 bits per heavy atom. The molecule has 6 aliphatic carbocycles. The number of nitrogens with one attached hydrogen (secondary N) is 4. The lowest BCUT2D eigenvalue weighted by Crippen LogP contribution is -1.74. The molecule has 14 aromatic rings. The first kappa shape index (κ1) is 136. The SMILES string of the molecule is CC.CC.CC.CC.CC.CC.CC.CC.CC.CC.CC.CC.CC.CC.CC.CC.CC.CC.CC.CC.c1cc2c([nH]1)CCC2.c1cc2c(o1)CCC2.c1cc2c(s1)CCC2.c1ccc2[nH]ccc2c1.c1ccc2[nH]cnc2c1.c1ccc2occc2c1.c1ccc2sccc2c1.c1nc2c([nH]1)CCC2.c1nc2c(o1)CCC2.c1nc2c(s1)CCC2. The van der Waals surface area contributed by atoms with Crippen LogP contribution < -0.4 is 0 Å². The second-order valence-corrected chi connectivity index (χ2v) is 23.9. The first-order valence-corrected chi connectivity index (χ1v) is 52.1. The summed E-state index contributed by atoms with van der Waals surface area (Å²) in [4.78, 5) is 32.0. The molecule has 4 aromatic carbocycles. The number of thiophene rings is 2. The topological polar surface area (TPSA) is 154 Å². The summed E-state index contributed by atoms with van der Waals surface area (Å²) in [5, 5.41) is 8.10. The van der Waals surface area contributed by atoms with Gasteiger partial charge in [0.25, 0.3) is 0 Å². The Morgan fingerprint density at radius 3 is 1.31 bits per heavy atom. The molecule has 0 saturated carbocycles. The molecule has 0 atom stereocenters. The summed E-state index contributed by atoms with van der Waals surface area (Å²) in [6, 6.07) is 45.2. The maximum atomic E-state index is 5.18. The molecule has 124 heavy (non-hydrogen) atoms. The van der Waals surface area contributed by atoms with Crippen molar-refractivity contribution in [2.24, 2.45) is 0 Å². The minimum absolute atomic E-state index is 0.956. The number of aromatic amines is 4. The van der Waals surface area contributed by atoms with Crippen LogP contribution in [0.1, 0.15) is 382 Å². The predicted molar refractivity (Wildman–Crippen MR) is 573 cm³/mol. The number of H-pyrrole nitrogens is 4. The third-order valence-electron chi connectivity index (χ3n) is 15.4. The molecule has 6 aliphatic rings. The highest BCUT2D eigenvalue weighted by atomic mass is 32.1. The Balaban J connectivity index is -0.000000139. The summed E-state index contributed by atoms with van der Waals surface area (Å²) in [5.74, 6) is 2.31. The summed E-state index contributed by atoms with van der Waals surface area (Å²) in [6.07, 6.45) is 35.0. The van der Waals surface area contributed by atoms with E-state index in [1.54, 1.807) is 58.3 Å². The second-order valence-electron chi connectivity index (χ2n) is 21.0. The van der Waals surface area contributed by atoms with Crippen LogP contribution in [-0.2, 0) is 77.0 Å². The van der Waals surface area contributed by atoms with Gasteiger partial charge in [0.2, 0.25) is 0 Å². The van der Waals surface area contributed by atoms with E-state index in [2.05, 4.69) is 117 Å². The zero-order valence-electron chi connectivity index (χ0n) is 87.4. The number of hydrogen-bond acceptors (Lipinski definition) is 10. The van der Waals surface area contributed by atoms with Crippen LogP contribution in [0, 0.1) is 0 Å².